The SMILES string of the molecule is Cc1n[nH]c(C)c1CNCC1CCC(=O)N1. The fourth-order valence-electron chi connectivity index (χ4n) is 2.04. The van der Waals surface area contributed by atoms with Crippen LogP contribution in [-0.2, 0) is 11.3 Å². The van der Waals surface area contributed by atoms with E-state index in [1.807, 2.05) is 13.8 Å². The molecule has 0 radical (unpaired) electrons. The Morgan fingerprint density at radius 3 is 2.88 bits per heavy atom. The van der Waals surface area contributed by atoms with Gasteiger partial charge >= 0.3 is 0 Å². The Balaban J connectivity index is 1.78. The first-order valence-corrected chi connectivity index (χ1v) is 5.67. The third kappa shape index (κ3) is 2.41. The molecule has 16 heavy (non-hydrogen) atoms. The van der Waals surface area contributed by atoms with Gasteiger partial charge in [-0.15, -0.1) is 0 Å². The van der Waals surface area contributed by atoms with Gasteiger partial charge in [0.1, 0.15) is 0 Å². The highest BCUT2D eigenvalue weighted by molar-refractivity contribution is 5.78. The highest BCUT2D eigenvalue weighted by Gasteiger charge is 2.20. The number of aromatic amines is 1. The largest absolute Gasteiger partial charge is 0.352 e. The average molecular weight is 222 g/mol. The van der Waals surface area contributed by atoms with Gasteiger partial charge in [-0.1, -0.05) is 0 Å². The number of hydrogen-bond donors (Lipinski definition) is 3. The van der Waals surface area contributed by atoms with Crippen LogP contribution < -0.4 is 10.6 Å². The van der Waals surface area contributed by atoms with Crippen molar-refractivity contribution in [2.45, 2.75) is 39.3 Å². The smallest absolute Gasteiger partial charge is 0.220 e. The maximum absolute atomic E-state index is 11.0. The lowest BCUT2D eigenvalue weighted by Crippen LogP contribution is -2.35. The van der Waals surface area contributed by atoms with Crippen molar-refractivity contribution < 1.29 is 4.79 Å². The maximum Gasteiger partial charge on any atom is 0.220 e. The van der Waals surface area contributed by atoms with Crippen LogP contribution in [0.1, 0.15) is 29.8 Å². The molecule has 1 aromatic rings. The molecule has 2 heterocycles. The van der Waals surface area contributed by atoms with E-state index in [9.17, 15) is 4.79 Å². The number of rotatable bonds is 4. The zero-order valence-corrected chi connectivity index (χ0v) is 9.76. The van der Waals surface area contributed by atoms with Crippen molar-refractivity contribution in [3.8, 4) is 0 Å². The number of nitrogens with zero attached hydrogens (tertiary/aromatic N) is 1. The summed E-state index contributed by atoms with van der Waals surface area (Å²) in [7, 11) is 0. The van der Waals surface area contributed by atoms with Crippen molar-refractivity contribution in [1.29, 1.82) is 0 Å². The molecule has 1 aromatic heterocycles. The molecule has 1 saturated heterocycles. The van der Waals surface area contributed by atoms with Crippen LogP contribution in [0.4, 0.5) is 0 Å². The van der Waals surface area contributed by atoms with E-state index in [4.69, 9.17) is 0 Å². The summed E-state index contributed by atoms with van der Waals surface area (Å²) in [5.41, 5.74) is 3.38. The van der Waals surface area contributed by atoms with Crippen LogP contribution >= 0.6 is 0 Å². The molecule has 1 amide bonds. The Bertz CT molecular complexity index is 366. The van der Waals surface area contributed by atoms with Gasteiger partial charge in [0.25, 0.3) is 0 Å². The van der Waals surface area contributed by atoms with E-state index in [0.717, 1.165) is 30.9 Å². The molecule has 0 saturated carbocycles. The van der Waals surface area contributed by atoms with Gasteiger partial charge in [-0.3, -0.25) is 9.89 Å². The van der Waals surface area contributed by atoms with E-state index in [1.54, 1.807) is 0 Å². The molecule has 5 heteroatoms. The number of amides is 1. The molecule has 1 unspecified atom stereocenters. The van der Waals surface area contributed by atoms with Crippen molar-refractivity contribution >= 4 is 5.91 Å². The van der Waals surface area contributed by atoms with Crippen molar-refractivity contribution in [1.82, 2.24) is 20.8 Å². The van der Waals surface area contributed by atoms with Gasteiger partial charge in [-0.05, 0) is 20.3 Å². The molecular weight excluding hydrogens is 204 g/mol. The maximum atomic E-state index is 11.0. The van der Waals surface area contributed by atoms with E-state index in [-0.39, 0.29) is 5.91 Å². The van der Waals surface area contributed by atoms with Gasteiger partial charge < -0.3 is 10.6 Å². The number of carbonyl (C=O) groups is 1. The summed E-state index contributed by atoms with van der Waals surface area (Å²) in [4.78, 5) is 11.0. The minimum absolute atomic E-state index is 0.169. The molecule has 5 nitrogen and oxygen atoms in total. The Kier molecular flexibility index (Phi) is 3.24. The van der Waals surface area contributed by atoms with Crippen molar-refractivity contribution in [3.05, 3.63) is 17.0 Å². The topological polar surface area (TPSA) is 69.8 Å². The number of aryl methyl sites for hydroxylation is 2. The normalized spacial score (nSPS) is 20.1. The standard InChI is InChI=1S/C11H18N4O/c1-7-10(8(2)15-14-7)6-12-5-9-3-4-11(16)13-9/h9,12H,3-6H2,1-2H3,(H,13,16)(H,14,15). The number of nitrogens with one attached hydrogen (secondary N) is 3. The second kappa shape index (κ2) is 4.65. The summed E-state index contributed by atoms with van der Waals surface area (Å²) in [6, 6.07) is 0.292. The zero-order valence-electron chi connectivity index (χ0n) is 9.76. The summed E-state index contributed by atoms with van der Waals surface area (Å²) >= 11 is 0. The summed E-state index contributed by atoms with van der Waals surface area (Å²) in [5.74, 6) is 0.169. The van der Waals surface area contributed by atoms with Crippen molar-refractivity contribution in [2.24, 2.45) is 0 Å². The molecule has 1 aliphatic rings. The van der Waals surface area contributed by atoms with E-state index in [0.29, 0.717) is 12.5 Å². The van der Waals surface area contributed by atoms with Crippen LogP contribution in [0, 0.1) is 13.8 Å². The van der Waals surface area contributed by atoms with E-state index < -0.39 is 0 Å². The van der Waals surface area contributed by atoms with Crippen molar-refractivity contribution in [2.75, 3.05) is 6.54 Å². The van der Waals surface area contributed by atoms with Gasteiger partial charge in [0.15, 0.2) is 0 Å². The van der Waals surface area contributed by atoms with Crippen LogP contribution in [0.15, 0.2) is 0 Å². The second-order valence-corrected chi connectivity index (χ2v) is 4.35. The molecule has 0 aromatic carbocycles. The molecule has 1 fully saturated rings. The number of aromatic nitrogens is 2. The monoisotopic (exact) mass is 222 g/mol. The fourth-order valence-corrected chi connectivity index (χ4v) is 2.04. The Hall–Kier alpha value is -1.36. The summed E-state index contributed by atoms with van der Waals surface area (Å²) in [6.07, 6.45) is 1.60. The lowest BCUT2D eigenvalue weighted by atomic mass is 10.2. The number of carbonyl (C=O) groups excluding carboxylic acids is 1. The predicted octanol–water partition coefficient (Wildman–Crippen LogP) is 0.395. The van der Waals surface area contributed by atoms with Gasteiger partial charge in [-0.25, -0.2) is 0 Å². The molecule has 0 aliphatic carbocycles. The van der Waals surface area contributed by atoms with Crippen LogP contribution in [-0.4, -0.2) is 28.7 Å². The molecule has 2 rings (SSSR count). The molecule has 1 aliphatic heterocycles. The van der Waals surface area contributed by atoms with Crippen molar-refractivity contribution in [3.63, 3.8) is 0 Å². The molecule has 1 atom stereocenters. The van der Waals surface area contributed by atoms with Crippen LogP contribution in [0.3, 0.4) is 0 Å². The molecular formula is C11H18N4O. The van der Waals surface area contributed by atoms with Gasteiger partial charge in [-0.2, -0.15) is 5.10 Å². The lowest BCUT2D eigenvalue weighted by molar-refractivity contribution is -0.119. The predicted molar refractivity (Wildman–Crippen MR) is 60.9 cm³/mol. The van der Waals surface area contributed by atoms with E-state index in [2.05, 4.69) is 20.8 Å². The minimum atomic E-state index is 0.169. The first-order valence-electron chi connectivity index (χ1n) is 5.67. The van der Waals surface area contributed by atoms with Gasteiger partial charge in [0, 0.05) is 36.8 Å². The zero-order chi connectivity index (χ0) is 11.5. The summed E-state index contributed by atoms with van der Waals surface area (Å²) in [5, 5.41) is 13.4. The highest BCUT2D eigenvalue weighted by atomic mass is 16.1. The fraction of sp³-hybridized carbons (Fsp3) is 0.636. The summed E-state index contributed by atoms with van der Waals surface area (Å²) in [6.45, 7) is 5.66. The highest BCUT2D eigenvalue weighted by Crippen LogP contribution is 2.09. The minimum Gasteiger partial charge on any atom is -0.352 e. The van der Waals surface area contributed by atoms with Gasteiger partial charge in [0.05, 0.1) is 5.69 Å². The second-order valence-electron chi connectivity index (χ2n) is 4.35. The Morgan fingerprint density at radius 2 is 2.31 bits per heavy atom. The number of H-pyrrole nitrogens is 1. The van der Waals surface area contributed by atoms with E-state index in [1.165, 1.54) is 5.56 Å². The molecule has 3 N–H and O–H groups in total. The third-order valence-corrected chi connectivity index (χ3v) is 3.06. The lowest BCUT2D eigenvalue weighted by Gasteiger charge is -2.11. The van der Waals surface area contributed by atoms with Crippen LogP contribution in [0.2, 0.25) is 0 Å². The first kappa shape index (κ1) is 11.1. The first-order chi connectivity index (χ1) is 7.66. The molecule has 0 bridgehead atoms. The third-order valence-electron chi connectivity index (χ3n) is 3.06. The quantitative estimate of drug-likeness (QED) is 0.690. The average Bonchev–Trinajstić information content (AvgIpc) is 2.78. The Morgan fingerprint density at radius 1 is 1.50 bits per heavy atom. The molecule has 88 valence electrons. The van der Waals surface area contributed by atoms with Crippen LogP contribution in [0.5, 0.6) is 0 Å². The number of hydrogen-bond acceptors (Lipinski definition) is 3. The van der Waals surface area contributed by atoms with Crippen LogP contribution in [0.25, 0.3) is 0 Å². The van der Waals surface area contributed by atoms with E-state index >= 15 is 0 Å². The molecule has 0 spiro atoms. The Labute approximate surface area is 95.0 Å². The summed E-state index contributed by atoms with van der Waals surface area (Å²) < 4.78 is 0. The van der Waals surface area contributed by atoms with Gasteiger partial charge in [0.2, 0.25) is 5.91 Å².